The first-order chi connectivity index (χ1) is 12.7. The summed E-state index contributed by atoms with van der Waals surface area (Å²) in [6.45, 7) is 4.37. The van der Waals surface area contributed by atoms with Gasteiger partial charge in [0.15, 0.2) is 0 Å². The zero-order valence-electron chi connectivity index (χ0n) is 15.2. The standard InChI is InChI=1S/C26H22/c1-19-8-6-13-26(20(19)2)25-12-7-11-24(18-25)23-16-14-22(15-17-23)21-9-4-3-5-10-21/h3-18H,1-2H3. The van der Waals surface area contributed by atoms with Gasteiger partial charge in [-0.05, 0) is 64.4 Å². The molecule has 0 unspecified atom stereocenters. The van der Waals surface area contributed by atoms with Gasteiger partial charge in [-0.25, -0.2) is 0 Å². The molecular weight excluding hydrogens is 312 g/mol. The summed E-state index contributed by atoms with van der Waals surface area (Å²) in [5.41, 5.74) is 10.3. The normalized spacial score (nSPS) is 10.7. The maximum absolute atomic E-state index is 2.29. The molecule has 0 atom stereocenters. The molecule has 0 fully saturated rings. The van der Waals surface area contributed by atoms with Crippen molar-refractivity contribution in [1.82, 2.24) is 0 Å². The van der Waals surface area contributed by atoms with E-state index in [0.29, 0.717) is 0 Å². The van der Waals surface area contributed by atoms with E-state index in [0.717, 1.165) is 0 Å². The Bertz CT molecular complexity index is 1030. The lowest BCUT2D eigenvalue weighted by molar-refractivity contribution is 1.34. The highest BCUT2D eigenvalue weighted by Gasteiger charge is 2.06. The molecule has 0 heteroatoms. The third-order valence-electron chi connectivity index (χ3n) is 5.10. The quantitative estimate of drug-likeness (QED) is 0.368. The van der Waals surface area contributed by atoms with Crippen molar-refractivity contribution in [3.8, 4) is 33.4 Å². The first-order valence-electron chi connectivity index (χ1n) is 9.05. The topological polar surface area (TPSA) is 0 Å². The number of benzene rings is 4. The van der Waals surface area contributed by atoms with Crippen LogP contribution < -0.4 is 0 Å². The van der Waals surface area contributed by atoms with Gasteiger partial charge in [0, 0.05) is 0 Å². The molecule has 4 aromatic rings. The van der Waals surface area contributed by atoms with Crippen LogP contribution in [0, 0.1) is 13.8 Å². The van der Waals surface area contributed by atoms with E-state index in [1.807, 2.05) is 0 Å². The fourth-order valence-corrected chi connectivity index (χ4v) is 3.42. The van der Waals surface area contributed by atoms with Crippen molar-refractivity contribution in [2.75, 3.05) is 0 Å². The summed E-state index contributed by atoms with van der Waals surface area (Å²) in [5.74, 6) is 0. The number of hydrogen-bond acceptors (Lipinski definition) is 0. The van der Waals surface area contributed by atoms with E-state index in [4.69, 9.17) is 0 Å². The Labute approximate surface area is 155 Å². The van der Waals surface area contributed by atoms with Crippen molar-refractivity contribution in [1.29, 1.82) is 0 Å². The molecule has 0 nitrogen and oxygen atoms in total. The van der Waals surface area contributed by atoms with Gasteiger partial charge in [-0.2, -0.15) is 0 Å². The second kappa shape index (κ2) is 7.01. The maximum Gasteiger partial charge on any atom is -0.0152 e. The van der Waals surface area contributed by atoms with Gasteiger partial charge < -0.3 is 0 Å². The van der Waals surface area contributed by atoms with E-state index in [1.165, 1.54) is 44.5 Å². The van der Waals surface area contributed by atoms with Gasteiger partial charge in [0.2, 0.25) is 0 Å². The van der Waals surface area contributed by atoms with Crippen LogP contribution in [0.25, 0.3) is 33.4 Å². The summed E-state index contributed by atoms with van der Waals surface area (Å²) in [6.07, 6.45) is 0. The Morgan fingerprint density at radius 3 is 1.69 bits per heavy atom. The largest absolute Gasteiger partial charge is 0.0622 e. The van der Waals surface area contributed by atoms with Crippen molar-refractivity contribution in [2.24, 2.45) is 0 Å². The summed E-state index contributed by atoms with van der Waals surface area (Å²) in [6, 6.07) is 34.7. The van der Waals surface area contributed by atoms with Crippen molar-refractivity contribution >= 4 is 0 Å². The van der Waals surface area contributed by atoms with E-state index >= 15 is 0 Å². The van der Waals surface area contributed by atoms with Crippen LogP contribution in [0.4, 0.5) is 0 Å². The Kier molecular flexibility index (Phi) is 4.41. The molecule has 26 heavy (non-hydrogen) atoms. The first-order valence-corrected chi connectivity index (χ1v) is 9.05. The highest BCUT2D eigenvalue weighted by atomic mass is 14.1. The van der Waals surface area contributed by atoms with E-state index in [2.05, 4.69) is 111 Å². The SMILES string of the molecule is Cc1cccc(-c2cccc(-c3ccc(-c4ccccc4)cc3)c2)c1C. The minimum absolute atomic E-state index is 1.25. The summed E-state index contributed by atoms with van der Waals surface area (Å²) in [7, 11) is 0. The molecule has 0 amide bonds. The zero-order chi connectivity index (χ0) is 17.9. The first kappa shape index (κ1) is 16.4. The molecule has 0 spiro atoms. The molecule has 0 aromatic heterocycles. The molecule has 0 heterocycles. The molecule has 0 bridgehead atoms. The lowest BCUT2D eigenvalue weighted by atomic mass is 9.94. The van der Waals surface area contributed by atoms with Crippen LogP contribution in [0.5, 0.6) is 0 Å². The molecule has 4 aromatic carbocycles. The van der Waals surface area contributed by atoms with Gasteiger partial charge in [-0.1, -0.05) is 91.0 Å². The minimum Gasteiger partial charge on any atom is -0.0622 e. The Morgan fingerprint density at radius 2 is 0.962 bits per heavy atom. The second-order valence-electron chi connectivity index (χ2n) is 6.77. The number of rotatable bonds is 3. The monoisotopic (exact) mass is 334 g/mol. The summed E-state index contributed by atoms with van der Waals surface area (Å²) >= 11 is 0. The van der Waals surface area contributed by atoms with Gasteiger partial charge >= 0.3 is 0 Å². The zero-order valence-corrected chi connectivity index (χ0v) is 15.2. The summed E-state index contributed by atoms with van der Waals surface area (Å²) in [4.78, 5) is 0. The summed E-state index contributed by atoms with van der Waals surface area (Å²) < 4.78 is 0. The van der Waals surface area contributed by atoms with Crippen molar-refractivity contribution in [3.63, 3.8) is 0 Å². The smallest absolute Gasteiger partial charge is 0.0152 e. The lowest BCUT2D eigenvalue weighted by Gasteiger charge is -2.11. The third-order valence-corrected chi connectivity index (χ3v) is 5.10. The fourth-order valence-electron chi connectivity index (χ4n) is 3.42. The van der Waals surface area contributed by atoms with E-state index in [9.17, 15) is 0 Å². The van der Waals surface area contributed by atoms with Crippen LogP contribution in [0.2, 0.25) is 0 Å². The Morgan fingerprint density at radius 1 is 0.423 bits per heavy atom. The van der Waals surface area contributed by atoms with Gasteiger partial charge in [0.05, 0.1) is 0 Å². The van der Waals surface area contributed by atoms with E-state index in [-0.39, 0.29) is 0 Å². The van der Waals surface area contributed by atoms with E-state index in [1.54, 1.807) is 0 Å². The average molecular weight is 334 g/mol. The molecule has 0 aliphatic rings. The van der Waals surface area contributed by atoms with Gasteiger partial charge in [0.1, 0.15) is 0 Å². The van der Waals surface area contributed by atoms with E-state index < -0.39 is 0 Å². The molecular formula is C26H22. The average Bonchev–Trinajstić information content (AvgIpc) is 2.71. The lowest BCUT2D eigenvalue weighted by Crippen LogP contribution is -1.88. The molecule has 0 aliphatic carbocycles. The molecule has 126 valence electrons. The molecule has 0 radical (unpaired) electrons. The molecule has 0 N–H and O–H groups in total. The predicted octanol–water partition coefficient (Wildman–Crippen LogP) is 7.30. The Balaban J connectivity index is 1.70. The van der Waals surface area contributed by atoms with Crippen LogP contribution in [-0.4, -0.2) is 0 Å². The second-order valence-corrected chi connectivity index (χ2v) is 6.77. The van der Waals surface area contributed by atoms with Crippen LogP contribution in [0.3, 0.4) is 0 Å². The maximum atomic E-state index is 2.29. The van der Waals surface area contributed by atoms with Crippen molar-refractivity contribution in [3.05, 3.63) is 108 Å². The third kappa shape index (κ3) is 3.19. The van der Waals surface area contributed by atoms with Crippen LogP contribution in [0.1, 0.15) is 11.1 Å². The fraction of sp³-hybridized carbons (Fsp3) is 0.0769. The molecule has 0 saturated heterocycles. The predicted molar refractivity (Wildman–Crippen MR) is 112 cm³/mol. The molecule has 0 saturated carbocycles. The van der Waals surface area contributed by atoms with Crippen molar-refractivity contribution < 1.29 is 0 Å². The number of hydrogen-bond donors (Lipinski definition) is 0. The van der Waals surface area contributed by atoms with Crippen LogP contribution in [0.15, 0.2) is 97.1 Å². The van der Waals surface area contributed by atoms with Crippen molar-refractivity contribution in [2.45, 2.75) is 13.8 Å². The summed E-state index contributed by atoms with van der Waals surface area (Å²) in [5, 5.41) is 0. The van der Waals surface area contributed by atoms with Gasteiger partial charge in [-0.3, -0.25) is 0 Å². The van der Waals surface area contributed by atoms with Crippen LogP contribution in [-0.2, 0) is 0 Å². The minimum atomic E-state index is 1.25. The molecule has 4 rings (SSSR count). The highest BCUT2D eigenvalue weighted by Crippen LogP contribution is 2.30. The van der Waals surface area contributed by atoms with Crippen LogP contribution >= 0.6 is 0 Å². The number of aryl methyl sites for hydroxylation is 1. The molecule has 0 aliphatic heterocycles. The Hall–Kier alpha value is -3.12. The highest BCUT2D eigenvalue weighted by molar-refractivity contribution is 5.76. The van der Waals surface area contributed by atoms with Gasteiger partial charge in [-0.15, -0.1) is 0 Å². The van der Waals surface area contributed by atoms with Gasteiger partial charge in [0.25, 0.3) is 0 Å².